The van der Waals surface area contributed by atoms with Gasteiger partial charge in [0, 0.05) is 17.1 Å². The number of benzene rings is 1. The third-order valence-corrected chi connectivity index (χ3v) is 3.84. The van der Waals surface area contributed by atoms with Crippen LogP contribution >= 0.6 is 11.3 Å². The van der Waals surface area contributed by atoms with E-state index < -0.39 is 0 Å². The van der Waals surface area contributed by atoms with E-state index >= 15 is 0 Å². The molecule has 0 spiro atoms. The van der Waals surface area contributed by atoms with E-state index in [0.717, 1.165) is 17.0 Å². The van der Waals surface area contributed by atoms with Crippen LogP contribution in [0.1, 0.15) is 17.4 Å². The molecule has 3 aromatic rings. The first kappa shape index (κ1) is 15.2. The minimum atomic E-state index is -0.274. The lowest BCUT2D eigenvalue weighted by Crippen LogP contribution is -2.13. The predicted molar refractivity (Wildman–Crippen MR) is 90.9 cm³/mol. The van der Waals surface area contributed by atoms with Crippen molar-refractivity contribution in [3.05, 3.63) is 59.7 Å². The second-order valence-corrected chi connectivity index (χ2v) is 5.49. The van der Waals surface area contributed by atoms with Gasteiger partial charge in [0.15, 0.2) is 5.13 Å². The number of hydrogen-bond donors (Lipinski definition) is 1. The molecular weight excluding hydrogens is 310 g/mol. The van der Waals surface area contributed by atoms with Crippen LogP contribution in [0.15, 0.2) is 54.0 Å². The van der Waals surface area contributed by atoms with Gasteiger partial charge in [0.1, 0.15) is 11.4 Å². The predicted octanol–water partition coefficient (Wildman–Crippen LogP) is 3.86. The van der Waals surface area contributed by atoms with Crippen LogP contribution in [0.2, 0.25) is 0 Å². The monoisotopic (exact) mass is 325 g/mol. The molecule has 3 rings (SSSR count). The van der Waals surface area contributed by atoms with Gasteiger partial charge >= 0.3 is 0 Å². The van der Waals surface area contributed by atoms with Crippen molar-refractivity contribution in [1.29, 1.82) is 0 Å². The van der Waals surface area contributed by atoms with Crippen molar-refractivity contribution in [2.45, 2.75) is 6.92 Å². The summed E-state index contributed by atoms with van der Waals surface area (Å²) in [6, 6.07) is 12.9. The molecule has 1 N–H and O–H groups in total. The van der Waals surface area contributed by atoms with Crippen LogP contribution in [0.25, 0.3) is 11.3 Å². The summed E-state index contributed by atoms with van der Waals surface area (Å²) in [6.45, 7) is 2.53. The molecule has 0 aliphatic heterocycles. The minimum absolute atomic E-state index is 0.274. The fourth-order valence-corrected chi connectivity index (χ4v) is 2.78. The summed E-state index contributed by atoms with van der Waals surface area (Å²) in [5, 5.41) is 5.19. The Kier molecular flexibility index (Phi) is 4.63. The molecule has 23 heavy (non-hydrogen) atoms. The largest absolute Gasteiger partial charge is 0.493 e. The molecule has 0 radical (unpaired) electrons. The van der Waals surface area contributed by atoms with E-state index in [9.17, 15) is 4.79 Å². The lowest BCUT2D eigenvalue weighted by atomic mass is 10.1. The molecule has 0 unspecified atom stereocenters. The highest BCUT2D eigenvalue weighted by atomic mass is 32.1. The number of ether oxygens (including phenoxy) is 1. The van der Waals surface area contributed by atoms with Gasteiger partial charge in [-0.1, -0.05) is 18.2 Å². The molecule has 2 aromatic heterocycles. The molecule has 2 heterocycles. The average Bonchev–Trinajstić information content (AvgIpc) is 3.05. The van der Waals surface area contributed by atoms with Crippen molar-refractivity contribution in [3.8, 4) is 17.0 Å². The number of aromatic nitrogens is 2. The van der Waals surface area contributed by atoms with Crippen molar-refractivity contribution in [1.82, 2.24) is 9.97 Å². The topological polar surface area (TPSA) is 64.1 Å². The first-order valence-corrected chi connectivity index (χ1v) is 8.06. The zero-order valence-electron chi connectivity index (χ0n) is 12.5. The lowest BCUT2D eigenvalue weighted by molar-refractivity contribution is 0.102. The van der Waals surface area contributed by atoms with E-state index in [-0.39, 0.29) is 5.91 Å². The summed E-state index contributed by atoms with van der Waals surface area (Å²) >= 11 is 1.37. The number of nitrogens with zero attached hydrogens (tertiary/aromatic N) is 2. The molecule has 1 amide bonds. The van der Waals surface area contributed by atoms with Crippen molar-refractivity contribution in [2.24, 2.45) is 0 Å². The minimum Gasteiger partial charge on any atom is -0.493 e. The van der Waals surface area contributed by atoms with E-state index in [1.54, 1.807) is 24.4 Å². The van der Waals surface area contributed by atoms with Gasteiger partial charge in [-0.2, -0.15) is 0 Å². The normalized spacial score (nSPS) is 10.3. The van der Waals surface area contributed by atoms with Gasteiger partial charge in [-0.3, -0.25) is 15.1 Å². The number of amides is 1. The molecule has 116 valence electrons. The maximum absolute atomic E-state index is 12.1. The van der Waals surface area contributed by atoms with Crippen molar-refractivity contribution < 1.29 is 9.53 Å². The molecule has 0 aliphatic carbocycles. The van der Waals surface area contributed by atoms with Gasteiger partial charge in [-0.05, 0) is 31.2 Å². The van der Waals surface area contributed by atoms with Crippen molar-refractivity contribution >= 4 is 22.4 Å². The number of carbonyl (C=O) groups excluding carboxylic acids is 1. The van der Waals surface area contributed by atoms with Gasteiger partial charge in [-0.25, -0.2) is 4.98 Å². The Hall–Kier alpha value is -2.73. The Bertz CT molecular complexity index is 802. The third-order valence-electron chi connectivity index (χ3n) is 3.09. The van der Waals surface area contributed by atoms with E-state index in [2.05, 4.69) is 15.3 Å². The molecule has 0 aliphatic rings. The number of hydrogen-bond acceptors (Lipinski definition) is 5. The summed E-state index contributed by atoms with van der Waals surface area (Å²) in [4.78, 5) is 20.6. The second-order valence-electron chi connectivity index (χ2n) is 4.64. The highest BCUT2D eigenvalue weighted by Crippen LogP contribution is 2.32. The van der Waals surface area contributed by atoms with Crippen LogP contribution in [0.3, 0.4) is 0 Å². The first-order chi connectivity index (χ1) is 11.3. The summed E-state index contributed by atoms with van der Waals surface area (Å²) in [5.41, 5.74) is 2.04. The molecule has 1 aromatic carbocycles. The van der Waals surface area contributed by atoms with Gasteiger partial charge in [0.25, 0.3) is 5.91 Å². The van der Waals surface area contributed by atoms with Crippen LogP contribution in [-0.4, -0.2) is 22.5 Å². The fourth-order valence-electron chi connectivity index (χ4n) is 2.07. The SMILES string of the molecule is CCOc1ccccc1-c1csc(NC(=O)c2ccccn2)n1. The average molecular weight is 325 g/mol. The molecule has 0 bridgehead atoms. The zero-order valence-corrected chi connectivity index (χ0v) is 13.3. The zero-order chi connectivity index (χ0) is 16.1. The fraction of sp³-hybridized carbons (Fsp3) is 0.118. The van der Waals surface area contributed by atoms with Gasteiger partial charge in [-0.15, -0.1) is 11.3 Å². The highest BCUT2D eigenvalue weighted by Gasteiger charge is 2.12. The number of pyridine rings is 1. The van der Waals surface area contributed by atoms with Crippen LogP contribution < -0.4 is 10.1 Å². The number of nitrogens with one attached hydrogen (secondary N) is 1. The second kappa shape index (κ2) is 7.02. The maximum Gasteiger partial charge on any atom is 0.276 e. The van der Waals surface area contributed by atoms with E-state index in [0.29, 0.717) is 17.4 Å². The summed E-state index contributed by atoms with van der Waals surface area (Å²) < 4.78 is 5.62. The maximum atomic E-state index is 12.1. The van der Waals surface area contributed by atoms with Crippen molar-refractivity contribution in [3.63, 3.8) is 0 Å². The van der Waals surface area contributed by atoms with Gasteiger partial charge < -0.3 is 4.74 Å². The summed E-state index contributed by atoms with van der Waals surface area (Å²) in [5.74, 6) is 0.507. The standard InChI is InChI=1S/C17H15N3O2S/c1-2-22-15-9-4-3-7-12(15)14-11-23-17(19-14)20-16(21)13-8-5-6-10-18-13/h3-11H,2H2,1H3,(H,19,20,21). The van der Waals surface area contributed by atoms with Crippen LogP contribution in [0, 0.1) is 0 Å². The Labute approximate surface area is 138 Å². The molecule has 6 heteroatoms. The number of carbonyl (C=O) groups is 1. The Morgan fingerprint density at radius 1 is 1.22 bits per heavy atom. The Balaban J connectivity index is 1.80. The molecule has 0 fully saturated rings. The molecular formula is C17H15N3O2S. The molecule has 0 atom stereocenters. The third kappa shape index (κ3) is 3.54. The van der Waals surface area contributed by atoms with Crippen LogP contribution in [0.4, 0.5) is 5.13 Å². The van der Waals surface area contributed by atoms with Crippen LogP contribution in [0.5, 0.6) is 5.75 Å². The van der Waals surface area contributed by atoms with E-state index in [1.807, 2.05) is 36.6 Å². The Morgan fingerprint density at radius 3 is 2.83 bits per heavy atom. The van der Waals surface area contributed by atoms with E-state index in [1.165, 1.54) is 11.3 Å². The van der Waals surface area contributed by atoms with Gasteiger partial charge in [0.05, 0.1) is 12.3 Å². The van der Waals surface area contributed by atoms with Crippen molar-refractivity contribution in [2.75, 3.05) is 11.9 Å². The first-order valence-electron chi connectivity index (χ1n) is 7.18. The number of rotatable bonds is 5. The van der Waals surface area contributed by atoms with Gasteiger partial charge in [0.2, 0.25) is 0 Å². The smallest absolute Gasteiger partial charge is 0.276 e. The number of para-hydroxylation sites is 1. The lowest BCUT2D eigenvalue weighted by Gasteiger charge is -2.07. The number of thiazole rings is 1. The molecule has 0 saturated heterocycles. The van der Waals surface area contributed by atoms with Crippen LogP contribution in [-0.2, 0) is 0 Å². The highest BCUT2D eigenvalue weighted by molar-refractivity contribution is 7.14. The number of anilines is 1. The molecule has 5 nitrogen and oxygen atoms in total. The summed E-state index contributed by atoms with van der Waals surface area (Å²) in [6.07, 6.45) is 1.58. The Morgan fingerprint density at radius 2 is 2.04 bits per heavy atom. The molecule has 0 saturated carbocycles. The van der Waals surface area contributed by atoms with E-state index in [4.69, 9.17) is 4.74 Å². The quantitative estimate of drug-likeness (QED) is 0.774. The summed E-state index contributed by atoms with van der Waals surface area (Å²) in [7, 11) is 0.